The van der Waals surface area contributed by atoms with Crippen LogP contribution in [0.1, 0.15) is 32.8 Å². The molecule has 0 saturated heterocycles. The number of benzene rings is 1. The molecule has 2 nitrogen and oxygen atoms in total. The summed E-state index contributed by atoms with van der Waals surface area (Å²) in [5.41, 5.74) is 6.95. The minimum absolute atomic E-state index is 0.0747. The van der Waals surface area contributed by atoms with Crippen molar-refractivity contribution in [3.8, 4) is 5.75 Å². The fraction of sp³-hybridized carbons (Fsp3) is 0.600. The molecule has 0 aliphatic carbocycles. The molecule has 0 amide bonds. The van der Waals surface area contributed by atoms with Gasteiger partial charge in [-0.3, -0.25) is 0 Å². The van der Waals surface area contributed by atoms with Crippen molar-refractivity contribution in [2.24, 2.45) is 17.1 Å². The van der Waals surface area contributed by atoms with Crippen molar-refractivity contribution in [3.05, 3.63) is 29.6 Å². The maximum absolute atomic E-state index is 13.1. The second-order valence-electron chi connectivity index (χ2n) is 5.91. The Hall–Kier alpha value is -1.09. The van der Waals surface area contributed by atoms with Gasteiger partial charge in [-0.1, -0.05) is 20.8 Å². The summed E-state index contributed by atoms with van der Waals surface area (Å²) in [4.78, 5) is 0. The van der Waals surface area contributed by atoms with Crippen LogP contribution in [0.5, 0.6) is 5.75 Å². The van der Waals surface area contributed by atoms with Crippen molar-refractivity contribution >= 4 is 0 Å². The number of fused-ring (bicyclic) bond motifs is 1. The molecule has 2 unspecified atom stereocenters. The van der Waals surface area contributed by atoms with Gasteiger partial charge in [0.05, 0.1) is 0 Å². The standard InChI is InChI=1S/C15H22FNO/c1-10(2)15(3,9-17)8-13-7-11-6-12(16)4-5-14(11)18-13/h4-6,10,13H,7-9,17H2,1-3H3. The van der Waals surface area contributed by atoms with Crippen LogP contribution in [0.3, 0.4) is 0 Å². The predicted molar refractivity (Wildman–Crippen MR) is 71.1 cm³/mol. The molecule has 18 heavy (non-hydrogen) atoms. The van der Waals surface area contributed by atoms with E-state index in [1.165, 1.54) is 6.07 Å². The Morgan fingerprint density at radius 2 is 2.22 bits per heavy atom. The van der Waals surface area contributed by atoms with Crippen LogP contribution in [-0.2, 0) is 6.42 Å². The number of ether oxygens (including phenoxy) is 1. The van der Waals surface area contributed by atoms with Gasteiger partial charge in [-0.05, 0) is 42.5 Å². The van der Waals surface area contributed by atoms with Crippen LogP contribution in [0, 0.1) is 17.2 Å². The van der Waals surface area contributed by atoms with Gasteiger partial charge in [0, 0.05) is 12.0 Å². The van der Waals surface area contributed by atoms with E-state index in [4.69, 9.17) is 10.5 Å². The lowest BCUT2D eigenvalue weighted by Crippen LogP contribution is -2.37. The van der Waals surface area contributed by atoms with Crippen molar-refractivity contribution < 1.29 is 9.13 Å². The third-order valence-electron chi connectivity index (χ3n) is 4.32. The van der Waals surface area contributed by atoms with Crippen LogP contribution in [0.15, 0.2) is 18.2 Å². The fourth-order valence-corrected chi connectivity index (χ4v) is 2.48. The molecular formula is C15H22FNO. The van der Waals surface area contributed by atoms with Crippen LogP contribution in [0.2, 0.25) is 0 Å². The lowest BCUT2D eigenvalue weighted by molar-refractivity contribution is 0.114. The minimum atomic E-state index is -0.191. The molecule has 0 aromatic heterocycles. The summed E-state index contributed by atoms with van der Waals surface area (Å²) >= 11 is 0. The third kappa shape index (κ3) is 2.51. The van der Waals surface area contributed by atoms with Gasteiger partial charge < -0.3 is 10.5 Å². The molecule has 2 N–H and O–H groups in total. The highest BCUT2D eigenvalue weighted by Crippen LogP contribution is 2.37. The van der Waals surface area contributed by atoms with Crippen molar-refractivity contribution in [2.45, 2.75) is 39.7 Å². The highest BCUT2D eigenvalue weighted by Gasteiger charge is 2.34. The first kappa shape index (κ1) is 13.3. The van der Waals surface area contributed by atoms with Crippen molar-refractivity contribution in [1.29, 1.82) is 0 Å². The molecule has 0 radical (unpaired) electrons. The summed E-state index contributed by atoms with van der Waals surface area (Å²) < 4.78 is 19.0. The summed E-state index contributed by atoms with van der Waals surface area (Å²) in [6.45, 7) is 7.23. The van der Waals surface area contributed by atoms with Gasteiger partial charge in [-0.15, -0.1) is 0 Å². The molecule has 0 spiro atoms. The lowest BCUT2D eigenvalue weighted by Gasteiger charge is -2.34. The Labute approximate surface area is 108 Å². The van der Waals surface area contributed by atoms with Crippen molar-refractivity contribution in [3.63, 3.8) is 0 Å². The molecule has 0 bridgehead atoms. The fourth-order valence-electron chi connectivity index (χ4n) is 2.48. The Balaban J connectivity index is 2.07. The Morgan fingerprint density at radius 1 is 1.50 bits per heavy atom. The van der Waals surface area contributed by atoms with E-state index in [0.29, 0.717) is 12.5 Å². The third-order valence-corrected chi connectivity index (χ3v) is 4.32. The van der Waals surface area contributed by atoms with Crippen LogP contribution in [-0.4, -0.2) is 12.6 Å². The number of hydrogen-bond acceptors (Lipinski definition) is 2. The molecule has 3 heteroatoms. The summed E-state index contributed by atoms with van der Waals surface area (Å²) in [5.74, 6) is 1.14. The molecule has 2 atom stereocenters. The van der Waals surface area contributed by atoms with Gasteiger partial charge in [0.1, 0.15) is 17.7 Å². The zero-order valence-electron chi connectivity index (χ0n) is 11.4. The van der Waals surface area contributed by atoms with E-state index in [2.05, 4.69) is 20.8 Å². The van der Waals surface area contributed by atoms with E-state index in [9.17, 15) is 4.39 Å². The van der Waals surface area contributed by atoms with Crippen LogP contribution in [0.4, 0.5) is 4.39 Å². The molecule has 1 aromatic rings. The van der Waals surface area contributed by atoms with E-state index < -0.39 is 0 Å². The molecule has 1 aliphatic heterocycles. The number of halogens is 1. The maximum atomic E-state index is 13.1. The lowest BCUT2D eigenvalue weighted by atomic mass is 9.74. The molecule has 1 heterocycles. The predicted octanol–water partition coefficient (Wildman–Crippen LogP) is 3.14. The average Bonchev–Trinajstić information content (AvgIpc) is 2.69. The Bertz CT molecular complexity index is 433. The van der Waals surface area contributed by atoms with E-state index in [0.717, 1.165) is 24.2 Å². The zero-order valence-corrected chi connectivity index (χ0v) is 11.4. The monoisotopic (exact) mass is 251 g/mol. The summed E-state index contributed by atoms with van der Waals surface area (Å²) in [6.07, 6.45) is 1.82. The van der Waals surface area contributed by atoms with E-state index in [-0.39, 0.29) is 17.3 Å². The van der Waals surface area contributed by atoms with Crippen LogP contribution < -0.4 is 10.5 Å². The van der Waals surface area contributed by atoms with Gasteiger partial charge >= 0.3 is 0 Å². The number of rotatable bonds is 4. The summed E-state index contributed by atoms with van der Waals surface area (Å²) in [6, 6.07) is 4.75. The topological polar surface area (TPSA) is 35.2 Å². The minimum Gasteiger partial charge on any atom is -0.490 e. The molecule has 1 aliphatic rings. The van der Waals surface area contributed by atoms with Crippen molar-refractivity contribution in [2.75, 3.05) is 6.54 Å². The second kappa shape index (κ2) is 4.88. The van der Waals surface area contributed by atoms with Gasteiger partial charge in [0.2, 0.25) is 0 Å². The smallest absolute Gasteiger partial charge is 0.123 e. The molecule has 1 aromatic carbocycles. The molecule has 100 valence electrons. The highest BCUT2D eigenvalue weighted by atomic mass is 19.1. The first-order valence-corrected chi connectivity index (χ1v) is 6.60. The van der Waals surface area contributed by atoms with E-state index in [1.807, 2.05) is 0 Å². The van der Waals surface area contributed by atoms with E-state index >= 15 is 0 Å². The average molecular weight is 251 g/mol. The van der Waals surface area contributed by atoms with E-state index in [1.54, 1.807) is 12.1 Å². The molecular weight excluding hydrogens is 229 g/mol. The van der Waals surface area contributed by atoms with Crippen LogP contribution in [0.25, 0.3) is 0 Å². The summed E-state index contributed by atoms with van der Waals surface area (Å²) in [7, 11) is 0. The zero-order chi connectivity index (χ0) is 13.3. The second-order valence-corrected chi connectivity index (χ2v) is 5.91. The number of nitrogens with two attached hydrogens (primary N) is 1. The molecule has 2 rings (SSSR count). The van der Waals surface area contributed by atoms with Gasteiger partial charge in [0.15, 0.2) is 0 Å². The SMILES string of the molecule is CC(C)C(C)(CN)CC1Cc2cc(F)ccc2O1. The molecule has 0 fully saturated rings. The Morgan fingerprint density at radius 3 is 2.83 bits per heavy atom. The normalized spacial score (nSPS) is 21.6. The van der Waals surface area contributed by atoms with Crippen molar-refractivity contribution in [1.82, 2.24) is 0 Å². The van der Waals surface area contributed by atoms with Gasteiger partial charge in [0.25, 0.3) is 0 Å². The van der Waals surface area contributed by atoms with Gasteiger partial charge in [-0.2, -0.15) is 0 Å². The highest BCUT2D eigenvalue weighted by molar-refractivity contribution is 5.37. The maximum Gasteiger partial charge on any atom is 0.123 e. The van der Waals surface area contributed by atoms with Gasteiger partial charge in [-0.25, -0.2) is 4.39 Å². The first-order chi connectivity index (χ1) is 8.44. The first-order valence-electron chi connectivity index (χ1n) is 6.60. The molecule has 0 saturated carbocycles. The summed E-state index contributed by atoms with van der Waals surface area (Å²) in [5, 5.41) is 0. The quantitative estimate of drug-likeness (QED) is 0.892. The Kier molecular flexibility index (Phi) is 3.62. The number of hydrogen-bond donors (Lipinski definition) is 1. The largest absolute Gasteiger partial charge is 0.490 e. The van der Waals surface area contributed by atoms with Crippen LogP contribution >= 0.6 is 0 Å².